The molecule has 2 unspecified atom stereocenters. The quantitative estimate of drug-likeness (QED) is 0.0323. The molecule has 0 spiro atoms. The molecule has 7 heteroatoms. The molecule has 2 atom stereocenters. The topological polar surface area (TPSA) is 104 Å². The van der Waals surface area contributed by atoms with Gasteiger partial charge in [-0.1, -0.05) is 227 Å². The third-order valence-electron chi connectivity index (χ3n) is 10.3. The molecule has 0 fully saturated rings. The Labute approximate surface area is 364 Å². The Hall–Kier alpha value is -2.74. The van der Waals surface area contributed by atoms with Crippen molar-refractivity contribution in [3.8, 4) is 0 Å². The minimum Gasteiger partial charge on any atom is -0.387 e. The first-order valence-corrected chi connectivity index (χ1v) is 25.5. The van der Waals surface area contributed by atoms with Gasteiger partial charge in [0.25, 0.3) is 10.1 Å². The number of aliphatic hydroxyl groups is 1. The van der Waals surface area contributed by atoms with Crippen molar-refractivity contribution in [1.82, 2.24) is 5.32 Å². The monoisotopic (exact) mass is 840 g/mol. The first-order chi connectivity index (χ1) is 28.8. The van der Waals surface area contributed by atoms with E-state index in [2.05, 4.69) is 98.2 Å². The summed E-state index contributed by atoms with van der Waals surface area (Å²) in [7, 11) is -4.37. The van der Waals surface area contributed by atoms with Crippen LogP contribution >= 0.6 is 0 Å². The molecule has 0 aliphatic heterocycles. The third kappa shape index (κ3) is 46.2. The van der Waals surface area contributed by atoms with Gasteiger partial charge in [0, 0.05) is 6.42 Å². The van der Waals surface area contributed by atoms with E-state index in [1.54, 1.807) is 6.08 Å². The highest BCUT2D eigenvalue weighted by molar-refractivity contribution is 7.85. The van der Waals surface area contributed by atoms with Crippen LogP contribution in [-0.4, -0.2) is 41.9 Å². The molecule has 0 aromatic rings. The van der Waals surface area contributed by atoms with E-state index in [9.17, 15) is 22.9 Å². The van der Waals surface area contributed by atoms with Crippen LogP contribution in [0.1, 0.15) is 206 Å². The number of unbranched alkanes of at least 4 members (excludes halogenated alkanes) is 20. The maximum atomic E-state index is 12.5. The van der Waals surface area contributed by atoms with Gasteiger partial charge in [0.1, 0.15) is 0 Å². The minimum absolute atomic E-state index is 0.210. The van der Waals surface area contributed by atoms with Gasteiger partial charge in [0.15, 0.2) is 0 Å². The van der Waals surface area contributed by atoms with Crippen LogP contribution in [0.15, 0.2) is 97.2 Å². The van der Waals surface area contributed by atoms with Gasteiger partial charge in [-0.25, -0.2) is 0 Å². The van der Waals surface area contributed by atoms with Gasteiger partial charge in [0.2, 0.25) is 5.91 Å². The van der Waals surface area contributed by atoms with E-state index < -0.39 is 28.0 Å². The number of hydrogen-bond donors (Lipinski definition) is 3. The first kappa shape index (κ1) is 56.3. The standard InChI is InChI=1S/C52H89NO5S/c1-3-5-7-9-11-13-15-17-19-21-23-25-26-28-30-32-34-36-38-40-42-44-46-48-52(55)53-50(49-59(56,57)58)51(54)47-45-43-41-39-37-35-33-31-29-27-24-22-20-18-16-14-12-10-8-6-4-2/h5,7,11,13,17,19,23,25,28,30,34,36,40,42,45,47,50-51,54H,3-4,6,8-10,12,14-16,18,20-22,24,26-27,29,31-33,35,37-39,41,43-44,46,48-49H2,1-2H3,(H,53,55)(H,56,57,58)/b7-5-,13-11-,19-17-,25-23-,30-28-,36-34-,42-40-,47-45+. The van der Waals surface area contributed by atoms with Crippen LogP contribution in [-0.2, 0) is 14.9 Å². The van der Waals surface area contributed by atoms with E-state index in [-0.39, 0.29) is 12.3 Å². The molecular formula is C52H89NO5S. The number of aliphatic hydroxyl groups excluding tert-OH is 1. The van der Waals surface area contributed by atoms with Gasteiger partial charge in [-0.2, -0.15) is 8.42 Å². The lowest BCUT2D eigenvalue weighted by molar-refractivity contribution is -0.122. The number of carbonyl (C=O) groups is 1. The van der Waals surface area contributed by atoms with Gasteiger partial charge < -0.3 is 10.4 Å². The molecule has 0 radical (unpaired) electrons. The smallest absolute Gasteiger partial charge is 0.267 e. The fourth-order valence-electron chi connectivity index (χ4n) is 6.73. The van der Waals surface area contributed by atoms with Gasteiger partial charge in [-0.15, -0.1) is 0 Å². The number of nitrogens with one attached hydrogen (secondary N) is 1. The summed E-state index contributed by atoms with van der Waals surface area (Å²) < 4.78 is 32.6. The normalized spacial score (nSPS) is 14.0. The summed E-state index contributed by atoms with van der Waals surface area (Å²) in [5.41, 5.74) is 0. The summed E-state index contributed by atoms with van der Waals surface area (Å²) in [4.78, 5) is 12.5. The Balaban J connectivity index is 3.99. The number of rotatable bonds is 42. The molecule has 3 N–H and O–H groups in total. The van der Waals surface area contributed by atoms with Crippen LogP contribution in [0.4, 0.5) is 0 Å². The Bertz CT molecular complexity index is 1290. The van der Waals surface area contributed by atoms with Crippen LogP contribution in [0.5, 0.6) is 0 Å². The van der Waals surface area contributed by atoms with Gasteiger partial charge in [-0.05, 0) is 70.6 Å². The minimum atomic E-state index is -4.37. The first-order valence-electron chi connectivity index (χ1n) is 23.9. The Kier molecular flexibility index (Phi) is 42.7. The van der Waals surface area contributed by atoms with Crippen LogP contribution in [0.25, 0.3) is 0 Å². The second-order valence-corrected chi connectivity index (χ2v) is 17.5. The van der Waals surface area contributed by atoms with Crippen molar-refractivity contribution in [3.05, 3.63) is 97.2 Å². The molecular weight excluding hydrogens is 751 g/mol. The highest BCUT2D eigenvalue weighted by atomic mass is 32.2. The van der Waals surface area contributed by atoms with Crippen LogP contribution in [0, 0.1) is 0 Å². The van der Waals surface area contributed by atoms with Crippen LogP contribution < -0.4 is 5.32 Å². The second kappa shape index (κ2) is 44.8. The molecule has 1 amide bonds. The van der Waals surface area contributed by atoms with Crippen molar-refractivity contribution >= 4 is 16.0 Å². The molecule has 6 nitrogen and oxygen atoms in total. The van der Waals surface area contributed by atoms with E-state index in [0.717, 1.165) is 70.6 Å². The average Bonchev–Trinajstić information content (AvgIpc) is 3.20. The molecule has 0 saturated heterocycles. The summed E-state index contributed by atoms with van der Waals surface area (Å²) in [6.45, 7) is 4.43. The maximum absolute atomic E-state index is 12.5. The number of hydrogen-bond acceptors (Lipinski definition) is 4. The fourth-order valence-corrected chi connectivity index (χ4v) is 7.47. The molecule has 0 aromatic heterocycles. The van der Waals surface area contributed by atoms with Gasteiger partial charge >= 0.3 is 0 Å². The predicted molar refractivity (Wildman–Crippen MR) is 257 cm³/mol. The van der Waals surface area contributed by atoms with Gasteiger partial charge in [-0.3, -0.25) is 9.35 Å². The maximum Gasteiger partial charge on any atom is 0.267 e. The molecule has 0 rings (SSSR count). The number of amides is 1. The lowest BCUT2D eigenvalue weighted by Crippen LogP contribution is -2.46. The SMILES string of the molecule is CC/C=C\C/C=C\C/C=C\C/C=C\C/C=C\C/C=C\C/C=C\CCCC(=O)NC(CS(=O)(=O)O)C(O)/C=C/CCCCCCCCCCCCCCCCCCCCC. The summed E-state index contributed by atoms with van der Waals surface area (Å²) in [5.74, 6) is -1.06. The molecule has 0 saturated carbocycles. The largest absolute Gasteiger partial charge is 0.387 e. The highest BCUT2D eigenvalue weighted by Gasteiger charge is 2.24. The van der Waals surface area contributed by atoms with E-state index in [0.29, 0.717) is 6.42 Å². The van der Waals surface area contributed by atoms with Crippen LogP contribution in [0.2, 0.25) is 0 Å². The molecule has 59 heavy (non-hydrogen) atoms. The van der Waals surface area contributed by atoms with Crippen molar-refractivity contribution in [2.75, 3.05) is 5.75 Å². The zero-order valence-corrected chi connectivity index (χ0v) is 38.7. The lowest BCUT2D eigenvalue weighted by atomic mass is 10.0. The van der Waals surface area contributed by atoms with Crippen molar-refractivity contribution in [2.45, 2.75) is 219 Å². The van der Waals surface area contributed by atoms with Crippen molar-refractivity contribution < 1.29 is 22.9 Å². The van der Waals surface area contributed by atoms with E-state index >= 15 is 0 Å². The zero-order valence-electron chi connectivity index (χ0n) is 37.8. The summed E-state index contributed by atoms with van der Waals surface area (Å²) >= 11 is 0. The summed E-state index contributed by atoms with van der Waals surface area (Å²) in [6.07, 6.45) is 66.9. The predicted octanol–water partition coefficient (Wildman–Crippen LogP) is 14.9. The Morgan fingerprint density at radius 1 is 0.475 bits per heavy atom. The molecule has 0 bridgehead atoms. The fraction of sp³-hybridized carbons (Fsp3) is 0.673. The zero-order chi connectivity index (χ0) is 43.2. The number of allylic oxidation sites excluding steroid dienone is 15. The molecule has 0 heterocycles. The van der Waals surface area contributed by atoms with E-state index in [4.69, 9.17) is 0 Å². The molecule has 338 valence electrons. The lowest BCUT2D eigenvalue weighted by Gasteiger charge is -2.21. The molecule has 0 aliphatic rings. The molecule has 0 aromatic carbocycles. The third-order valence-corrected chi connectivity index (χ3v) is 11.0. The Morgan fingerprint density at radius 3 is 1.19 bits per heavy atom. The van der Waals surface area contributed by atoms with E-state index in [1.807, 2.05) is 12.2 Å². The summed E-state index contributed by atoms with van der Waals surface area (Å²) in [5, 5.41) is 13.2. The highest BCUT2D eigenvalue weighted by Crippen LogP contribution is 2.15. The van der Waals surface area contributed by atoms with Gasteiger partial charge in [0.05, 0.1) is 17.9 Å². The molecule has 0 aliphatic carbocycles. The van der Waals surface area contributed by atoms with Crippen molar-refractivity contribution in [3.63, 3.8) is 0 Å². The second-order valence-electron chi connectivity index (χ2n) is 16.0. The van der Waals surface area contributed by atoms with Crippen LogP contribution in [0.3, 0.4) is 0 Å². The Morgan fingerprint density at radius 2 is 0.814 bits per heavy atom. The van der Waals surface area contributed by atoms with Crippen molar-refractivity contribution in [1.29, 1.82) is 0 Å². The van der Waals surface area contributed by atoms with Crippen molar-refractivity contribution in [2.24, 2.45) is 0 Å². The van der Waals surface area contributed by atoms with E-state index in [1.165, 1.54) is 109 Å². The number of carbonyl (C=O) groups excluding carboxylic acids is 1. The average molecular weight is 840 g/mol. The summed E-state index contributed by atoms with van der Waals surface area (Å²) in [6, 6.07) is -1.09.